The summed E-state index contributed by atoms with van der Waals surface area (Å²) in [6.45, 7) is 13.8. The normalized spacial score (nSPS) is 16.9. The van der Waals surface area contributed by atoms with Gasteiger partial charge in [0, 0.05) is 32.0 Å². The third-order valence-electron chi connectivity index (χ3n) is 4.69. The first-order valence-electron chi connectivity index (χ1n) is 9.97. The van der Waals surface area contributed by atoms with Gasteiger partial charge in [-0.25, -0.2) is 0 Å². The van der Waals surface area contributed by atoms with Gasteiger partial charge < -0.3 is 15.5 Å². The van der Waals surface area contributed by atoms with Crippen molar-refractivity contribution in [3.8, 4) is 0 Å². The molecule has 0 aromatic rings. The van der Waals surface area contributed by atoms with E-state index in [1.54, 1.807) is 0 Å². The summed E-state index contributed by atoms with van der Waals surface area (Å²) in [6.07, 6.45) is 1.89. The standard InChI is InChI=1S/C20H37N3O3/c1-13(2)11-17(24)22-18(19(25)21-12-14(3)4)16-7-9-23(10-8-16)20(26)15(5)6/h13-16,18H,7-12H2,1-6H3,(H,21,25)(H,22,24). The average molecular weight is 368 g/mol. The van der Waals surface area contributed by atoms with Crippen LogP contribution in [0.1, 0.15) is 60.8 Å². The van der Waals surface area contributed by atoms with E-state index in [9.17, 15) is 14.4 Å². The minimum atomic E-state index is -0.517. The van der Waals surface area contributed by atoms with Crippen LogP contribution in [-0.4, -0.2) is 48.3 Å². The monoisotopic (exact) mass is 367 g/mol. The molecule has 1 heterocycles. The van der Waals surface area contributed by atoms with Gasteiger partial charge in [0.2, 0.25) is 17.7 Å². The summed E-state index contributed by atoms with van der Waals surface area (Å²) in [7, 11) is 0. The van der Waals surface area contributed by atoms with Gasteiger partial charge in [0.05, 0.1) is 0 Å². The lowest BCUT2D eigenvalue weighted by Crippen LogP contribution is -2.54. The molecule has 0 aromatic carbocycles. The summed E-state index contributed by atoms with van der Waals surface area (Å²) < 4.78 is 0. The molecule has 1 saturated heterocycles. The van der Waals surface area contributed by atoms with Crippen LogP contribution in [-0.2, 0) is 14.4 Å². The van der Waals surface area contributed by atoms with Gasteiger partial charge in [-0.3, -0.25) is 14.4 Å². The van der Waals surface area contributed by atoms with Crippen LogP contribution in [0, 0.1) is 23.7 Å². The highest BCUT2D eigenvalue weighted by molar-refractivity contribution is 5.88. The van der Waals surface area contributed by atoms with Crippen LogP contribution >= 0.6 is 0 Å². The van der Waals surface area contributed by atoms with Crippen LogP contribution in [0.5, 0.6) is 0 Å². The summed E-state index contributed by atoms with van der Waals surface area (Å²) in [5.74, 6) is 0.635. The fraction of sp³-hybridized carbons (Fsp3) is 0.850. The second-order valence-corrected chi connectivity index (χ2v) is 8.60. The fourth-order valence-electron chi connectivity index (χ4n) is 3.23. The van der Waals surface area contributed by atoms with Crippen LogP contribution in [0.2, 0.25) is 0 Å². The van der Waals surface area contributed by atoms with E-state index in [0.717, 1.165) is 12.8 Å². The molecule has 0 radical (unpaired) electrons. The molecule has 1 aliphatic rings. The number of piperidine rings is 1. The number of likely N-dealkylation sites (tertiary alicyclic amines) is 1. The molecule has 0 saturated carbocycles. The van der Waals surface area contributed by atoms with Crippen molar-refractivity contribution in [3.05, 3.63) is 0 Å². The number of hydrogen-bond donors (Lipinski definition) is 2. The van der Waals surface area contributed by atoms with E-state index < -0.39 is 6.04 Å². The molecule has 150 valence electrons. The van der Waals surface area contributed by atoms with Crippen molar-refractivity contribution < 1.29 is 14.4 Å². The zero-order chi connectivity index (χ0) is 19.9. The van der Waals surface area contributed by atoms with E-state index in [4.69, 9.17) is 0 Å². The maximum Gasteiger partial charge on any atom is 0.242 e. The summed E-state index contributed by atoms with van der Waals surface area (Å²) in [5.41, 5.74) is 0. The van der Waals surface area contributed by atoms with Gasteiger partial charge in [0.1, 0.15) is 6.04 Å². The highest BCUT2D eigenvalue weighted by atomic mass is 16.2. The molecule has 1 rings (SSSR count). The number of nitrogens with one attached hydrogen (secondary N) is 2. The fourth-order valence-corrected chi connectivity index (χ4v) is 3.23. The van der Waals surface area contributed by atoms with E-state index in [0.29, 0.717) is 32.0 Å². The maximum absolute atomic E-state index is 12.7. The Morgan fingerprint density at radius 1 is 0.962 bits per heavy atom. The molecule has 6 nitrogen and oxygen atoms in total. The summed E-state index contributed by atoms with van der Waals surface area (Å²) in [4.78, 5) is 39.0. The molecule has 0 aromatic heterocycles. The molecule has 1 atom stereocenters. The first-order chi connectivity index (χ1) is 12.1. The first-order valence-corrected chi connectivity index (χ1v) is 9.97. The molecule has 6 heteroatoms. The van der Waals surface area contributed by atoms with E-state index in [-0.39, 0.29) is 35.5 Å². The number of amides is 3. The average Bonchev–Trinajstić information content (AvgIpc) is 2.56. The second-order valence-electron chi connectivity index (χ2n) is 8.60. The van der Waals surface area contributed by atoms with Crippen molar-refractivity contribution in [2.45, 2.75) is 66.8 Å². The van der Waals surface area contributed by atoms with Crippen LogP contribution in [0.25, 0.3) is 0 Å². The topological polar surface area (TPSA) is 78.5 Å². The van der Waals surface area contributed by atoms with Gasteiger partial charge in [0.15, 0.2) is 0 Å². The van der Waals surface area contributed by atoms with E-state index >= 15 is 0 Å². The minimum Gasteiger partial charge on any atom is -0.354 e. The zero-order valence-electron chi connectivity index (χ0n) is 17.3. The van der Waals surface area contributed by atoms with E-state index in [2.05, 4.69) is 10.6 Å². The van der Waals surface area contributed by atoms with Crippen LogP contribution in [0.15, 0.2) is 0 Å². The Morgan fingerprint density at radius 2 is 1.54 bits per heavy atom. The van der Waals surface area contributed by atoms with Crippen molar-refractivity contribution in [1.82, 2.24) is 15.5 Å². The molecule has 26 heavy (non-hydrogen) atoms. The Balaban J connectivity index is 2.73. The Kier molecular flexibility index (Phi) is 9.09. The Hall–Kier alpha value is -1.59. The molecule has 0 spiro atoms. The van der Waals surface area contributed by atoms with Gasteiger partial charge in [-0.15, -0.1) is 0 Å². The second kappa shape index (κ2) is 10.5. The van der Waals surface area contributed by atoms with Crippen molar-refractivity contribution >= 4 is 17.7 Å². The molecule has 0 aliphatic carbocycles. The Bertz CT molecular complexity index is 481. The molecule has 1 fully saturated rings. The minimum absolute atomic E-state index is 0.0116. The number of carbonyl (C=O) groups excluding carboxylic acids is 3. The largest absolute Gasteiger partial charge is 0.354 e. The van der Waals surface area contributed by atoms with Crippen LogP contribution < -0.4 is 10.6 Å². The molecular formula is C20H37N3O3. The van der Waals surface area contributed by atoms with Crippen LogP contribution in [0.3, 0.4) is 0 Å². The third-order valence-corrected chi connectivity index (χ3v) is 4.69. The quantitative estimate of drug-likeness (QED) is 0.690. The van der Waals surface area contributed by atoms with Gasteiger partial charge in [-0.1, -0.05) is 41.5 Å². The van der Waals surface area contributed by atoms with Gasteiger partial charge in [0.25, 0.3) is 0 Å². The highest BCUT2D eigenvalue weighted by Crippen LogP contribution is 2.22. The molecular weight excluding hydrogens is 330 g/mol. The molecule has 0 bridgehead atoms. The lowest BCUT2D eigenvalue weighted by molar-refractivity contribution is -0.137. The van der Waals surface area contributed by atoms with Gasteiger partial charge in [-0.05, 0) is 30.6 Å². The Labute approximate surface area is 158 Å². The number of carbonyl (C=O) groups is 3. The predicted octanol–water partition coefficient (Wildman–Crippen LogP) is 2.18. The summed E-state index contributed by atoms with van der Waals surface area (Å²) >= 11 is 0. The van der Waals surface area contributed by atoms with Gasteiger partial charge in [-0.2, -0.15) is 0 Å². The van der Waals surface area contributed by atoms with Crippen molar-refractivity contribution in [3.63, 3.8) is 0 Å². The smallest absolute Gasteiger partial charge is 0.242 e. The van der Waals surface area contributed by atoms with Crippen molar-refractivity contribution in [1.29, 1.82) is 0 Å². The molecule has 1 aliphatic heterocycles. The van der Waals surface area contributed by atoms with E-state index in [1.807, 2.05) is 46.4 Å². The SMILES string of the molecule is CC(C)CNC(=O)C(NC(=O)CC(C)C)C1CCN(C(=O)C(C)C)CC1. The summed E-state index contributed by atoms with van der Waals surface area (Å²) in [6, 6.07) is -0.517. The number of nitrogens with zero attached hydrogens (tertiary/aromatic N) is 1. The molecule has 1 unspecified atom stereocenters. The predicted molar refractivity (Wildman–Crippen MR) is 103 cm³/mol. The van der Waals surface area contributed by atoms with E-state index in [1.165, 1.54) is 0 Å². The molecule has 3 amide bonds. The number of rotatable bonds is 8. The summed E-state index contributed by atoms with van der Waals surface area (Å²) in [5, 5.41) is 5.91. The third kappa shape index (κ3) is 7.34. The van der Waals surface area contributed by atoms with Crippen LogP contribution in [0.4, 0.5) is 0 Å². The van der Waals surface area contributed by atoms with Gasteiger partial charge >= 0.3 is 0 Å². The zero-order valence-corrected chi connectivity index (χ0v) is 17.3. The lowest BCUT2D eigenvalue weighted by atomic mass is 9.88. The first kappa shape index (κ1) is 22.5. The number of hydrogen-bond acceptors (Lipinski definition) is 3. The van der Waals surface area contributed by atoms with Crippen molar-refractivity contribution in [2.24, 2.45) is 23.7 Å². The lowest BCUT2D eigenvalue weighted by Gasteiger charge is -2.36. The maximum atomic E-state index is 12.7. The van der Waals surface area contributed by atoms with Crippen molar-refractivity contribution in [2.75, 3.05) is 19.6 Å². The highest BCUT2D eigenvalue weighted by Gasteiger charge is 2.34. The Morgan fingerprint density at radius 3 is 2.00 bits per heavy atom. The molecule has 2 N–H and O–H groups in total.